The first kappa shape index (κ1) is 21.3. The maximum atomic E-state index is 13.9. The Morgan fingerprint density at radius 2 is 1.91 bits per heavy atom. The lowest BCUT2D eigenvalue weighted by Gasteiger charge is -2.34. The standard InChI is InChI=1S/C25H26N2O6/c1-5-32-22(28)20-18-13-33-19-12-16(31-4)10-11-17(19)21(18)27-24(30)26(23(29)25(20,27)3)15-8-6-14(2)7-9-15/h6-12,18,20-21H,5,13H2,1-4H3/t18-,20+,21+,25-/m1/s1. The monoisotopic (exact) mass is 450 g/mol. The zero-order valence-corrected chi connectivity index (χ0v) is 19.0. The molecule has 8 nitrogen and oxygen atoms in total. The van der Waals surface area contributed by atoms with Crippen molar-refractivity contribution in [3.63, 3.8) is 0 Å². The van der Waals surface area contributed by atoms with Crippen molar-refractivity contribution in [1.29, 1.82) is 0 Å². The minimum atomic E-state index is -1.39. The van der Waals surface area contributed by atoms with Gasteiger partial charge in [0.2, 0.25) is 0 Å². The molecular formula is C25H26N2O6. The third-order valence-electron chi connectivity index (χ3n) is 7.05. The van der Waals surface area contributed by atoms with Crippen molar-refractivity contribution < 1.29 is 28.6 Å². The molecule has 33 heavy (non-hydrogen) atoms. The van der Waals surface area contributed by atoms with Crippen molar-refractivity contribution in [2.45, 2.75) is 32.4 Å². The van der Waals surface area contributed by atoms with Crippen molar-refractivity contribution in [1.82, 2.24) is 4.90 Å². The molecule has 5 rings (SSSR count). The van der Waals surface area contributed by atoms with E-state index in [0.29, 0.717) is 17.2 Å². The van der Waals surface area contributed by atoms with Gasteiger partial charge in [0, 0.05) is 17.5 Å². The number of ether oxygens (including phenoxy) is 3. The number of hydrogen-bond donors (Lipinski definition) is 0. The van der Waals surface area contributed by atoms with Gasteiger partial charge in [-0.05, 0) is 45.0 Å². The highest BCUT2D eigenvalue weighted by Crippen LogP contribution is 2.58. The van der Waals surface area contributed by atoms with Crippen LogP contribution in [0.15, 0.2) is 42.5 Å². The molecule has 3 aliphatic heterocycles. The largest absolute Gasteiger partial charge is 0.497 e. The Kier molecular flexibility index (Phi) is 4.84. The van der Waals surface area contributed by atoms with Crippen LogP contribution in [0.5, 0.6) is 11.5 Å². The summed E-state index contributed by atoms with van der Waals surface area (Å²) in [5, 5.41) is 0. The molecule has 0 aromatic heterocycles. The smallest absolute Gasteiger partial charge is 0.332 e. The summed E-state index contributed by atoms with van der Waals surface area (Å²) in [6, 6.07) is 11.6. The number of carbonyl (C=O) groups excluding carboxylic acids is 3. The molecule has 2 fully saturated rings. The summed E-state index contributed by atoms with van der Waals surface area (Å²) in [6.07, 6.45) is 0. The Morgan fingerprint density at radius 1 is 1.18 bits per heavy atom. The number of urea groups is 1. The number of hydrogen-bond acceptors (Lipinski definition) is 6. The van der Waals surface area contributed by atoms with Gasteiger partial charge in [-0.15, -0.1) is 0 Å². The average molecular weight is 450 g/mol. The third-order valence-corrected chi connectivity index (χ3v) is 7.05. The molecule has 3 amide bonds. The van der Waals surface area contributed by atoms with Gasteiger partial charge in [-0.2, -0.15) is 0 Å². The van der Waals surface area contributed by atoms with E-state index in [2.05, 4.69) is 0 Å². The van der Waals surface area contributed by atoms with E-state index in [4.69, 9.17) is 14.2 Å². The van der Waals surface area contributed by atoms with Gasteiger partial charge in [0.05, 0.1) is 38.0 Å². The molecule has 2 saturated heterocycles. The van der Waals surface area contributed by atoms with Crippen LogP contribution in [0, 0.1) is 18.8 Å². The molecule has 0 radical (unpaired) electrons. The van der Waals surface area contributed by atoms with Gasteiger partial charge in [-0.25, -0.2) is 9.69 Å². The summed E-state index contributed by atoms with van der Waals surface area (Å²) in [5.41, 5.74) is 0.847. The molecule has 0 spiro atoms. The normalized spacial score (nSPS) is 27.6. The first-order valence-corrected chi connectivity index (χ1v) is 11.0. The number of anilines is 1. The fraction of sp³-hybridized carbons (Fsp3) is 0.400. The second kappa shape index (κ2) is 7.50. The molecule has 3 aliphatic rings. The molecule has 172 valence electrons. The van der Waals surface area contributed by atoms with Crippen LogP contribution < -0.4 is 14.4 Å². The van der Waals surface area contributed by atoms with E-state index in [9.17, 15) is 14.4 Å². The Hall–Kier alpha value is -3.55. The highest BCUT2D eigenvalue weighted by atomic mass is 16.5. The number of esters is 1. The topological polar surface area (TPSA) is 85.4 Å². The van der Waals surface area contributed by atoms with Crippen molar-refractivity contribution >= 4 is 23.6 Å². The first-order valence-electron chi connectivity index (χ1n) is 11.0. The van der Waals surface area contributed by atoms with Crippen LogP contribution in [-0.2, 0) is 14.3 Å². The lowest BCUT2D eigenvalue weighted by molar-refractivity contribution is -0.154. The molecule has 0 bridgehead atoms. The third kappa shape index (κ3) is 2.86. The summed E-state index contributed by atoms with van der Waals surface area (Å²) in [4.78, 5) is 43.6. The Morgan fingerprint density at radius 3 is 2.58 bits per heavy atom. The molecular weight excluding hydrogens is 424 g/mol. The van der Waals surface area contributed by atoms with Crippen LogP contribution in [0.3, 0.4) is 0 Å². The van der Waals surface area contributed by atoms with E-state index in [-0.39, 0.29) is 13.2 Å². The fourth-order valence-electron chi connectivity index (χ4n) is 5.52. The predicted octanol–water partition coefficient (Wildman–Crippen LogP) is 3.47. The minimum Gasteiger partial charge on any atom is -0.497 e. The summed E-state index contributed by atoms with van der Waals surface area (Å²) in [5.74, 6) is -0.993. The second-order valence-electron chi connectivity index (χ2n) is 8.83. The second-order valence-corrected chi connectivity index (χ2v) is 8.83. The van der Waals surface area contributed by atoms with E-state index in [1.807, 2.05) is 25.1 Å². The van der Waals surface area contributed by atoms with Gasteiger partial charge in [0.1, 0.15) is 17.0 Å². The van der Waals surface area contributed by atoms with Gasteiger partial charge in [-0.1, -0.05) is 17.7 Å². The van der Waals surface area contributed by atoms with E-state index in [1.165, 1.54) is 4.90 Å². The summed E-state index contributed by atoms with van der Waals surface area (Å²) in [6.45, 7) is 5.70. The minimum absolute atomic E-state index is 0.182. The van der Waals surface area contributed by atoms with Gasteiger partial charge in [0.25, 0.3) is 5.91 Å². The van der Waals surface area contributed by atoms with Crippen molar-refractivity contribution in [2.75, 3.05) is 25.2 Å². The number of fused-ring (bicyclic) bond motifs is 5. The van der Waals surface area contributed by atoms with Crippen LogP contribution in [0.1, 0.15) is 31.0 Å². The maximum absolute atomic E-state index is 13.9. The predicted molar refractivity (Wildman–Crippen MR) is 119 cm³/mol. The van der Waals surface area contributed by atoms with Crippen LogP contribution in [0.25, 0.3) is 0 Å². The number of imide groups is 1. The number of carbonyl (C=O) groups is 3. The molecule has 0 N–H and O–H groups in total. The van der Waals surface area contributed by atoms with E-state index >= 15 is 0 Å². The van der Waals surface area contributed by atoms with Crippen LogP contribution in [-0.4, -0.2) is 48.7 Å². The molecule has 0 unspecified atom stereocenters. The average Bonchev–Trinajstić information content (AvgIpc) is 3.19. The Balaban J connectivity index is 1.66. The van der Waals surface area contributed by atoms with Crippen molar-refractivity contribution in [2.24, 2.45) is 11.8 Å². The van der Waals surface area contributed by atoms with E-state index in [1.54, 1.807) is 50.1 Å². The Labute approximate surface area is 192 Å². The van der Waals surface area contributed by atoms with Crippen molar-refractivity contribution in [3.05, 3.63) is 53.6 Å². The molecule has 3 heterocycles. The first-order chi connectivity index (χ1) is 15.8. The summed E-state index contributed by atoms with van der Waals surface area (Å²) >= 11 is 0. The number of methoxy groups -OCH3 is 1. The SMILES string of the molecule is CCOC(=O)[C@@H]1[C@H]2COc3cc(OC)ccc3[C@@H]2N2C(=O)N(c3ccc(C)cc3)C(=O)[C@@]12C. The number of rotatable bonds is 4. The van der Waals surface area contributed by atoms with Crippen LogP contribution in [0.4, 0.5) is 10.5 Å². The molecule has 8 heteroatoms. The molecule has 2 aromatic carbocycles. The molecule has 0 saturated carbocycles. The van der Waals surface area contributed by atoms with E-state index < -0.39 is 41.3 Å². The quantitative estimate of drug-likeness (QED) is 0.524. The number of benzene rings is 2. The summed E-state index contributed by atoms with van der Waals surface area (Å²) < 4.78 is 16.7. The van der Waals surface area contributed by atoms with Gasteiger partial charge in [0.15, 0.2) is 0 Å². The Bertz CT molecular complexity index is 1150. The lowest BCUT2D eigenvalue weighted by Crippen LogP contribution is -2.51. The van der Waals surface area contributed by atoms with Crippen LogP contribution >= 0.6 is 0 Å². The zero-order chi connectivity index (χ0) is 23.5. The highest BCUT2D eigenvalue weighted by molar-refractivity contribution is 6.24. The highest BCUT2D eigenvalue weighted by Gasteiger charge is 2.72. The van der Waals surface area contributed by atoms with Gasteiger partial charge in [-0.3, -0.25) is 9.59 Å². The molecule has 0 aliphatic carbocycles. The summed E-state index contributed by atoms with van der Waals surface area (Å²) in [7, 11) is 1.57. The number of aryl methyl sites for hydroxylation is 1. The van der Waals surface area contributed by atoms with Crippen molar-refractivity contribution in [3.8, 4) is 11.5 Å². The fourth-order valence-corrected chi connectivity index (χ4v) is 5.52. The zero-order valence-electron chi connectivity index (χ0n) is 19.0. The number of nitrogens with zero attached hydrogens (tertiary/aromatic N) is 2. The maximum Gasteiger partial charge on any atom is 0.332 e. The number of amides is 3. The van der Waals surface area contributed by atoms with Gasteiger partial charge >= 0.3 is 12.0 Å². The molecule has 4 atom stereocenters. The lowest BCUT2D eigenvalue weighted by atomic mass is 9.77. The van der Waals surface area contributed by atoms with Crippen LogP contribution in [0.2, 0.25) is 0 Å². The molecule has 2 aromatic rings. The van der Waals surface area contributed by atoms with E-state index in [0.717, 1.165) is 11.1 Å². The van der Waals surface area contributed by atoms with Gasteiger partial charge < -0.3 is 19.1 Å².